The highest BCUT2D eigenvalue weighted by molar-refractivity contribution is 5.11. The number of nitriles is 1. The molecule has 2 heterocycles. The highest BCUT2D eigenvalue weighted by Gasteiger charge is 2.19. The van der Waals surface area contributed by atoms with Gasteiger partial charge in [-0.25, -0.2) is 0 Å². The number of ether oxygens (including phenoxy) is 1. The van der Waals surface area contributed by atoms with Crippen molar-refractivity contribution in [3.05, 3.63) is 17.8 Å². The molecule has 0 N–H and O–H groups in total. The second-order valence-corrected chi connectivity index (χ2v) is 4.27. The Hall–Kier alpha value is -1.67. The van der Waals surface area contributed by atoms with Crippen LogP contribution in [-0.2, 0) is 6.54 Å². The van der Waals surface area contributed by atoms with Crippen molar-refractivity contribution in [1.82, 2.24) is 15.1 Å². The molecule has 0 amide bonds. The highest BCUT2D eigenvalue weighted by atomic mass is 16.5. The van der Waals surface area contributed by atoms with E-state index in [4.69, 9.17) is 10.00 Å². The molecule has 0 radical (unpaired) electrons. The average molecular weight is 232 g/mol. The summed E-state index contributed by atoms with van der Waals surface area (Å²) in [6.45, 7) is 2.63. The number of hydrogen-bond acceptors (Lipinski definition) is 5. The van der Waals surface area contributed by atoms with Gasteiger partial charge in [0.05, 0.1) is 24.8 Å². The molecule has 5 heteroatoms. The van der Waals surface area contributed by atoms with E-state index >= 15 is 0 Å². The molecule has 0 bridgehead atoms. The Kier molecular flexibility index (Phi) is 3.89. The zero-order valence-electron chi connectivity index (χ0n) is 9.96. The monoisotopic (exact) mass is 232 g/mol. The van der Waals surface area contributed by atoms with Gasteiger partial charge in [-0.05, 0) is 25.5 Å². The van der Waals surface area contributed by atoms with Crippen LogP contribution in [0.15, 0.2) is 12.1 Å². The van der Waals surface area contributed by atoms with E-state index in [2.05, 4.69) is 21.2 Å². The maximum atomic E-state index is 8.92. The third-order valence-electron chi connectivity index (χ3n) is 2.98. The Labute approximate surface area is 101 Å². The van der Waals surface area contributed by atoms with Crippen LogP contribution in [0, 0.1) is 17.2 Å². The predicted molar refractivity (Wildman–Crippen MR) is 62.2 cm³/mol. The first-order valence-electron chi connectivity index (χ1n) is 5.80. The summed E-state index contributed by atoms with van der Waals surface area (Å²) in [5.74, 6) is 0.692. The predicted octanol–water partition coefficient (Wildman–Crippen LogP) is 1.22. The van der Waals surface area contributed by atoms with Crippen molar-refractivity contribution in [3.63, 3.8) is 0 Å². The van der Waals surface area contributed by atoms with Crippen LogP contribution in [0.5, 0.6) is 5.88 Å². The van der Waals surface area contributed by atoms with Gasteiger partial charge in [0.25, 0.3) is 0 Å². The fourth-order valence-electron chi connectivity index (χ4n) is 2.07. The molecule has 0 spiro atoms. The molecule has 0 aliphatic carbocycles. The zero-order valence-corrected chi connectivity index (χ0v) is 9.96. The van der Waals surface area contributed by atoms with Crippen molar-refractivity contribution >= 4 is 0 Å². The summed E-state index contributed by atoms with van der Waals surface area (Å²) < 4.78 is 4.96. The molecule has 5 nitrogen and oxygen atoms in total. The van der Waals surface area contributed by atoms with Crippen LogP contribution in [0.3, 0.4) is 0 Å². The molecule has 1 fully saturated rings. The third kappa shape index (κ3) is 3.14. The molecule has 1 aromatic rings. The summed E-state index contributed by atoms with van der Waals surface area (Å²) in [6.07, 6.45) is 2.10. The van der Waals surface area contributed by atoms with Gasteiger partial charge in [-0.1, -0.05) is 0 Å². The highest BCUT2D eigenvalue weighted by Crippen LogP contribution is 2.17. The van der Waals surface area contributed by atoms with Gasteiger partial charge in [-0.2, -0.15) is 10.4 Å². The van der Waals surface area contributed by atoms with Crippen molar-refractivity contribution < 1.29 is 4.74 Å². The quantitative estimate of drug-likeness (QED) is 0.784. The fourth-order valence-corrected chi connectivity index (χ4v) is 2.07. The molecule has 1 aliphatic rings. The largest absolute Gasteiger partial charge is 0.480 e. The van der Waals surface area contributed by atoms with Crippen LogP contribution in [0.25, 0.3) is 0 Å². The Bertz CT molecular complexity index is 398. The van der Waals surface area contributed by atoms with E-state index < -0.39 is 0 Å². The van der Waals surface area contributed by atoms with E-state index in [-0.39, 0.29) is 5.92 Å². The second-order valence-electron chi connectivity index (χ2n) is 4.27. The van der Waals surface area contributed by atoms with Crippen LogP contribution in [0.1, 0.15) is 18.5 Å². The normalized spacial score (nSPS) is 20.8. The second kappa shape index (κ2) is 5.60. The molecule has 1 saturated heterocycles. The number of methoxy groups -OCH3 is 1. The van der Waals surface area contributed by atoms with Gasteiger partial charge in [0.1, 0.15) is 0 Å². The molecule has 0 aromatic carbocycles. The smallest absolute Gasteiger partial charge is 0.233 e. The van der Waals surface area contributed by atoms with Crippen LogP contribution < -0.4 is 4.74 Å². The lowest BCUT2D eigenvalue weighted by molar-refractivity contribution is 0.189. The fraction of sp³-hybridized carbons (Fsp3) is 0.583. The minimum atomic E-state index is 0.162. The maximum Gasteiger partial charge on any atom is 0.233 e. The van der Waals surface area contributed by atoms with E-state index in [0.29, 0.717) is 5.88 Å². The summed E-state index contributed by atoms with van der Waals surface area (Å²) in [5.41, 5.74) is 0.921. The first kappa shape index (κ1) is 11.8. The Morgan fingerprint density at radius 3 is 3.06 bits per heavy atom. The number of piperidine rings is 1. The summed E-state index contributed by atoms with van der Waals surface area (Å²) >= 11 is 0. The van der Waals surface area contributed by atoms with E-state index in [0.717, 1.165) is 38.2 Å². The molecule has 1 atom stereocenters. The lowest BCUT2D eigenvalue weighted by Crippen LogP contribution is -2.34. The summed E-state index contributed by atoms with van der Waals surface area (Å²) in [6, 6.07) is 6.07. The molecule has 17 heavy (non-hydrogen) atoms. The van der Waals surface area contributed by atoms with E-state index in [9.17, 15) is 0 Å². The van der Waals surface area contributed by atoms with Gasteiger partial charge < -0.3 is 4.74 Å². The van der Waals surface area contributed by atoms with E-state index in [1.54, 1.807) is 7.11 Å². The molecule has 2 rings (SSSR count). The standard InChI is InChI=1S/C12H16N4O/c1-17-12-5-4-11(14-15-12)9-16-6-2-3-10(7-13)8-16/h4-5,10H,2-3,6,8-9H2,1H3. The maximum absolute atomic E-state index is 8.92. The summed E-state index contributed by atoms with van der Waals surface area (Å²) in [5, 5.41) is 17.0. The lowest BCUT2D eigenvalue weighted by atomic mass is 10.00. The van der Waals surface area contributed by atoms with Crippen molar-refractivity contribution in [1.29, 1.82) is 5.26 Å². The van der Waals surface area contributed by atoms with E-state index in [1.807, 2.05) is 12.1 Å². The molecule has 90 valence electrons. The van der Waals surface area contributed by atoms with Crippen molar-refractivity contribution in [2.24, 2.45) is 5.92 Å². The Morgan fingerprint density at radius 2 is 2.41 bits per heavy atom. The van der Waals surface area contributed by atoms with Crippen molar-refractivity contribution in [2.75, 3.05) is 20.2 Å². The van der Waals surface area contributed by atoms with Gasteiger partial charge in [0, 0.05) is 19.2 Å². The van der Waals surface area contributed by atoms with Gasteiger partial charge in [0.15, 0.2) is 0 Å². The molecular weight excluding hydrogens is 216 g/mol. The SMILES string of the molecule is COc1ccc(CN2CCCC(C#N)C2)nn1. The number of likely N-dealkylation sites (tertiary alicyclic amines) is 1. The molecule has 1 aliphatic heterocycles. The summed E-state index contributed by atoms with van der Waals surface area (Å²) in [7, 11) is 1.58. The molecule has 0 saturated carbocycles. The Morgan fingerprint density at radius 1 is 1.53 bits per heavy atom. The zero-order chi connectivity index (χ0) is 12.1. The lowest BCUT2D eigenvalue weighted by Gasteiger charge is -2.28. The van der Waals surface area contributed by atoms with Crippen LogP contribution in [0.4, 0.5) is 0 Å². The molecule has 1 aromatic heterocycles. The minimum absolute atomic E-state index is 0.162. The van der Waals surface area contributed by atoms with Crippen LogP contribution in [0.2, 0.25) is 0 Å². The van der Waals surface area contributed by atoms with Gasteiger partial charge in [-0.3, -0.25) is 4.90 Å². The van der Waals surface area contributed by atoms with Gasteiger partial charge >= 0.3 is 0 Å². The van der Waals surface area contributed by atoms with Crippen molar-refractivity contribution in [2.45, 2.75) is 19.4 Å². The molecular formula is C12H16N4O. The number of aromatic nitrogens is 2. The average Bonchev–Trinajstić information content (AvgIpc) is 2.40. The van der Waals surface area contributed by atoms with E-state index in [1.165, 1.54) is 0 Å². The Balaban J connectivity index is 1.93. The molecule has 1 unspecified atom stereocenters. The minimum Gasteiger partial charge on any atom is -0.480 e. The van der Waals surface area contributed by atoms with Crippen LogP contribution >= 0.6 is 0 Å². The summed E-state index contributed by atoms with van der Waals surface area (Å²) in [4.78, 5) is 2.26. The van der Waals surface area contributed by atoms with Gasteiger partial charge in [-0.15, -0.1) is 5.10 Å². The first-order valence-corrected chi connectivity index (χ1v) is 5.80. The van der Waals surface area contributed by atoms with Crippen molar-refractivity contribution in [3.8, 4) is 11.9 Å². The van der Waals surface area contributed by atoms with Gasteiger partial charge in [0.2, 0.25) is 5.88 Å². The topological polar surface area (TPSA) is 62.0 Å². The van der Waals surface area contributed by atoms with Crippen LogP contribution in [-0.4, -0.2) is 35.3 Å². The first-order chi connectivity index (χ1) is 8.31. The third-order valence-corrected chi connectivity index (χ3v) is 2.98. The number of rotatable bonds is 3. The number of hydrogen-bond donors (Lipinski definition) is 0. The number of nitrogens with zero attached hydrogens (tertiary/aromatic N) is 4.